The van der Waals surface area contributed by atoms with E-state index < -0.39 is 36.6 Å². The fourth-order valence-corrected chi connectivity index (χ4v) is 1.98. The Bertz CT molecular complexity index is 458. The fraction of sp³-hybridized carbons (Fsp3) is 0.583. The molecule has 23 heavy (non-hydrogen) atoms. The van der Waals surface area contributed by atoms with Crippen molar-refractivity contribution in [3.8, 4) is 0 Å². The third-order valence-electron chi connectivity index (χ3n) is 2.41. The van der Waals surface area contributed by atoms with E-state index in [9.17, 15) is 24.0 Å². The molecule has 0 bridgehead atoms. The summed E-state index contributed by atoms with van der Waals surface area (Å²) >= 11 is 0.819. The highest BCUT2D eigenvalue weighted by atomic mass is 32.2. The van der Waals surface area contributed by atoms with Crippen LogP contribution in [-0.2, 0) is 28.7 Å². The molecule has 2 unspecified atom stereocenters. The summed E-state index contributed by atoms with van der Waals surface area (Å²) in [5.41, 5.74) is 5.38. The average molecular weight is 349 g/mol. The summed E-state index contributed by atoms with van der Waals surface area (Å²) in [6, 6.07) is -1.07. The van der Waals surface area contributed by atoms with Crippen LogP contribution in [0, 0.1) is 0 Å². The summed E-state index contributed by atoms with van der Waals surface area (Å²) < 4.78 is 4.41. The molecule has 0 rings (SSSR count). The maximum Gasteiger partial charge on any atom is 0.322 e. The molecule has 2 atom stereocenters. The second kappa shape index (κ2) is 11.4. The summed E-state index contributed by atoms with van der Waals surface area (Å²) in [4.78, 5) is 55.0. The van der Waals surface area contributed by atoms with Crippen molar-refractivity contribution in [2.75, 3.05) is 12.3 Å². The van der Waals surface area contributed by atoms with E-state index in [1.807, 2.05) is 0 Å². The van der Waals surface area contributed by atoms with Crippen molar-refractivity contribution in [2.24, 2.45) is 5.73 Å². The van der Waals surface area contributed by atoms with Gasteiger partial charge in [-0.2, -0.15) is 0 Å². The number of nitrogens with one attached hydrogen (secondary N) is 2. The van der Waals surface area contributed by atoms with Crippen LogP contribution in [0.3, 0.4) is 0 Å². The van der Waals surface area contributed by atoms with E-state index in [0.717, 1.165) is 11.8 Å². The lowest BCUT2D eigenvalue weighted by Gasteiger charge is -2.17. The van der Waals surface area contributed by atoms with Crippen molar-refractivity contribution in [2.45, 2.75) is 32.0 Å². The first-order chi connectivity index (χ1) is 10.8. The molecule has 0 fully saturated rings. The van der Waals surface area contributed by atoms with Gasteiger partial charge in [0.25, 0.3) is 6.47 Å². The van der Waals surface area contributed by atoms with Crippen molar-refractivity contribution in [1.29, 1.82) is 0 Å². The number of carbonyl (C=O) groups is 5. The number of nitrogens with two attached hydrogens (primary N) is 1. The van der Waals surface area contributed by atoms with E-state index in [1.54, 1.807) is 0 Å². The summed E-state index contributed by atoms with van der Waals surface area (Å²) in [5, 5.41) is 12.8. The van der Waals surface area contributed by atoms with Crippen LogP contribution in [0.2, 0.25) is 0 Å². The van der Waals surface area contributed by atoms with Gasteiger partial charge in [0, 0.05) is 25.5 Å². The van der Waals surface area contributed by atoms with Crippen LogP contribution >= 0.6 is 11.8 Å². The molecule has 0 heterocycles. The lowest BCUT2D eigenvalue weighted by molar-refractivity contribution is -0.138. The molecule has 0 spiro atoms. The zero-order chi connectivity index (χ0) is 17.8. The summed E-state index contributed by atoms with van der Waals surface area (Å²) in [7, 11) is 0. The number of rotatable bonds is 11. The smallest absolute Gasteiger partial charge is 0.322 e. The first kappa shape index (κ1) is 20.9. The minimum atomic E-state index is -1.24. The molecule has 0 aromatic rings. The highest BCUT2D eigenvalue weighted by Crippen LogP contribution is 2.05. The largest absolute Gasteiger partial charge is 0.480 e. The van der Waals surface area contributed by atoms with E-state index in [-0.39, 0.29) is 30.2 Å². The number of carboxylic acid groups (broad SMARTS) is 1. The molecule has 10 nitrogen and oxygen atoms in total. The predicted octanol–water partition coefficient (Wildman–Crippen LogP) is -1.81. The molecule has 5 N–H and O–H groups in total. The Morgan fingerprint density at radius 2 is 2.00 bits per heavy atom. The molecule has 0 aromatic carbocycles. The van der Waals surface area contributed by atoms with Crippen molar-refractivity contribution in [1.82, 2.24) is 10.6 Å². The van der Waals surface area contributed by atoms with Crippen molar-refractivity contribution < 1.29 is 33.8 Å². The Balaban J connectivity index is 4.51. The zero-order valence-electron chi connectivity index (χ0n) is 12.4. The molecule has 130 valence electrons. The summed E-state index contributed by atoms with van der Waals surface area (Å²) in [5.74, 6) is -2.54. The SMILES string of the molecule is CC(=O)SCC(NC(=O)CCC(N)OC=O)C(=O)NCC(=O)O. The van der Waals surface area contributed by atoms with Gasteiger partial charge in [0.05, 0.1) is 0 Å². The third-order valence-corrected chi connectivity index (χ3v) is 3.31. The normalized spacial score (nSPS) is 12.6. The first-order valence-electron chi connectivity index (χ1n) is 6.53. The summed E-state index contributed by atoms with van der Waals surface area (Å²) in [6.45, 7) is 0.858. The van der Waals surface area contributed by atoms with Gasteiger partial charge in [-0.05, 0) is 0 Å². The number of ether oxygens (including phenoxy) is 1. The topological polar surface area (TPSA) is 165 Å². The highest BCUT2D eigenvalue weighted by Gasteiger charge is 2.22. The minimum Gasteiger partial charge on any atom is -0.480 e. The van der Waals surface area contributed by atoms with Crippen molar-refractivity contribution in [3.63, 3.8) is 0 Å². The summed E-state index contributed by atoms with van der Waals surface area (Å²) in [6.07, 6.45) is -1.000. The molecule has 0 aliphatic heterocycles. The molecular weight excluding hydrogens is 330 g/mol. The van der Waals surface area contributed by atoms with E-state index in [4.69, 9.17) is 10.8 Å². The Morgan fingerprint density at radius 3 is 2.52 bits per heavy atom. The van der Waals surface area contributed by atoms with Gasteiger partial charge in [-0.3, -0.25) is 29.7 Å². The lowest BCUT2D eigenvalue weighted by Crippen LogP contribution is -2.49. The van der Waals surface area contributed by atoms with Crippen LogP contribution < -0.4 is 16.4 Å². The number of amides is 2. The van der Waals surface area contributed by atoms with Gasteiger partial charge in [0.2, 0.25) is 11.8 Å². The number of carboxylic acids is 1. The standard InChI is InChI=1S/C12H19N3O7S/c1-7(17)23-5-8(12(21)14-4-11(19)20)15-10(18)3-2-9(13)22-6-16/h6,8-9H,2-5,13H2,1H3,(H,14,21)(H,15,18)(H,19,20). The van der Waals surface area contributed by atoms with Gasteiger partial charge in [-0.25, -0.2) is 0 Å². The molecular formula is C12H19N3O7S. The van der Waals surface area contributed by atoms with E-state index >= 15 is 0 Å². The number of aliphatic carboxylic acids is 1. The second-order valence-corrected chi connectivity index (χ2v) is 5.54. The molecule has 0 saturated heterocycles. The number of hydrogen-bond donors (Lipinski definition) is 4. The fourth-order valence-electron chi connectivity index (χ4n) is 1.35. The lowest BCUT2D eigenvalue weighted by atomic mass is 10.2. The Hall–Kier alpha value is -2.14. The predicted molar refractivity (Wildman–Crippen MR) is 80.1 cm³/mol. The van der Waals surface area contributed by atoms with Gasteiger partial charge in [0.15, 0.2) is 11.3 Å². The van der Waals surface area contributed by atoms with Gasteiger partial charge in [-0.15, -0.1) is 0 Å². The van der Waals surface area contributed by atoms with Gasteiger partial charge < -0.3 is 20.5 Å². The Labute approximate surface area is 136 Å². The zero-order valence-corrected chi connectivity index (χ0v) is 13.3. The van der Waals surface area contributed by atoms with E-state index in [0.29, 0.717) is 0 Å². The van der Waals surface area contributed by atoms with Crippen LogP contribution in [-0.4, -0.2) is 59.0 Å². The molecule has 0 saturated carbocycles. The van der Waals surface area contributed by atoms with Crippen LogP contribution in [0.25, 0.3) is 0 Å². The Morgan fingerprint density at radius 1 is 1.35 bits per heavy atom. The third kappa shape index (κ3) is 11.1. The van der Waals surface area contributed by atoms with Crippen LogP contribution in [0.1, 0.15) is 19.8 Å². The van der Waals surface area contributed by atoms with Gasteiger partial charge in [0.1, 0.15) is 12.6 Å². The number of carbonyl (C=O) groups excluding carboxylic acids is 4. The van der Waals surface area contributed by atoms with E-state index in [1.165, 1.54) is 6.92 Å². The molecule has 0 aliphatic rings. The average Bonchev–Trinajstić information content (AvgIpc) is 2.47. The molecule has 0 aliphatic carbocycles. The number of hydrogen-bond acceptors (Lipinski definition) is 8. The van der Waals surface area contributed by atoms with Gasteiger partial charge >= 0.3 is 5.97 Å². The second-order valence-electron chi connectivity index (χ2n) is 4.34. The van der Waals surface area contributed by atoms with Crippen LogP contribution in [0.4, 0.5) is 0 Å². The first-order valence-corrected chi connectivity index (χ1v) is 7.51. The molecule has 11 heteroatoms. The van der Waals surface area contributed by atoms with Crippen molar-refractivity contribution >= 4 is 41.1 Å². The molecule has 0 radical (unpaired) electrons. The van der Waals surface area contributed by atoms with E-state index in [2.05, 4.69) is 15.4 Å². The molecule has 0 aromatic heterocycles. The molecule has 2 amide bonds. The van der Waals surface area contributed by atoms with Gasteiger partial charge in [-0.1, -0.05) is 11.8 Å². The van der Waals surface area contributed by atoms with Crippen LogP contribution in [0.5, 0.6) is 0 Å². The Kier molecular flexibility index (Phi) is 10.4. The van der Waals surface area contributed by atoms with Crippen molar-refractivity contribution in [3.05, 3.63) is 0 Å². The maximum atomic E-state index is 11.8. The number of thioether (sulfide) groups is 1. The quantitative estimate of drug-likeness (QED) is 0.248. The highest BCUT2D eigenvalue weighted by molar-refractivity contribution is 8.13. The monoisotopic (exact) mass is 349 g/mol. The van der Waals surface area contributed by atoms with Crippen LogP contribution in [0.15, 0.2) is 0 Å². The maximum absolute atomic E-state index is 11.8. The minimum absolute atomic E-state index is 0.0383.